The van der Waals surface area contributed by atoms with Gasteiger partial charge in [-0.3, -0.25) is 19.2 Å². The second-order valence-corrected chi connectivity index (χ2v) is 4.56. The van der Waals surface area contributed by atoms with E-state index in [9.17, 15) is 14.0 Å². The number of para-hydroxylation sites is 1. The molecule has 0 aliphatic carbocycles. The first-order chi connectivity index (χ1) is 9.61. The molecule has 1 aliphatic rings. The molecule has 102 valence electrons. The number of hydrogen-bond acceptors (Lipinski definition) is 3. The van der Waals surface area contributed by atoms with Gasteiger partial charge in [0.1, 0.15) is 5.82 Å². The molecule has 1 aromatic heterocycles. The number of nitrogens with zero attached hydrogens (tertiary/aromatic N) is 3. The Morgan fingerprint density at radius 3 is 2.80 bits per heavy atom. The number of carbonyl (C=O) groups is 2. The summed E-state index contributed by atoms with van der Waals surface area (Å²) in [4.78, 5) is 25.0. The first kappa shape index (κ1) is 12.5. The third-order valence-electron chi connectivity index (χ3n) is 3.29. The summed E-state index contributed by atoms with van der Waals surface area (Å²) in [5.41, 5.74) is 0.939. The van der Waals surface area contributed by atoms with Gasteiger partial charge in [0.15, 0.2) is 0 Å². The highest BCUT2D eigenvalue weighted by Crippen LogP contribution is 2.32. The molecule has 0 saturated heterocycles. The number of carbonyl (C=O) groups excluding carboxylic acids is 2. The number of aromatic nitrogens is 2. The highest BCUT2D eigenvalue weighted by Gasteiger charge is 2.37. The Kier molecular flexibility index (Phi) is 2.85. The number of ketones is 1. The van der Waals surface area contributed by atoms with Gasteiger partial charge in [-0.1, -0.05) is 6.07 Å². The van der Waals surface area contributed by atoms with E-state index in [0.29, 0.717) is 6.54 Å². The van der Waals surface area contributed by atoms with Crippen molar-refractivity contribution < 1.29 is 14.0 Å². The van der Waals surface area contributed by atoms with Crippen LogP contribution in [0.2, 0.25) is 0 Å². The summed E-state index contributed by atoms with van der Waals surface area (Å²) in [5, 5.41) is 4.10. The van der Waals surface area contributed by atoms with E-state index in [2.05, 4.69) is 5.10 Å². The molecule has 1 aromatic carbocycles. The number of fused-ring (bicyclic) bond motifs is 1. The molecular weight excluding hydrogens is 261 g/mol. The molecule has 0 bridgehead atoms. The Balaban J connectivity index is 1.98. The van der Waals surface area contributed by atoms with Crippen molar-refractivity contribution in [2.75, 3.05) is 4.90 Å². The monoisotopic (exact) mass is 273 g/mol. The molecule has 5 nitrogen and oxygen atoms in total. The number of halogens is 1. The maximum absolute atomic E-state index is 13.9. The summed E-state index contributed by atoms with van der Waals surface area (Å²) in [7, 11) is 0. The molecule has 0 spiro atoms. The van der Waals surface area contributed by atoms with Crippen LogP contribution in [-0.4, -0.2) is 21.5 Å². The zero-order valence-corrected chi connectivity index (χ0v) is 10.8. The molecule has 6 heteroatoms. The zero-order valence-electron chi connectivity index (χ0n) is 10.8. The fraction of sp³-hybridized carbons (Fsp3) is 0.214. The van der Waals surface area contributed by atoms with Crippen LogP contribution in [0.3, 0.4) is 0 Å². The van der Waals surface area contributed by atoms with Crippen LogP contribution in [-0.2, 0) is 17.9 Å². The standard InChI is InChI=1S/C14H12FN3O2/c1-2-17-7-9(6-16-17)8-18-12-10(13(19)14(18)20)4-3-5-11(12)15/h3-7H,2,8H2,1H3. The number of hydrogen-bond donors (Lipinski definition) is 0. The van der Waals surface area contributed by atoms with Gasteiger partial charge in [-0.05, 0) is 19.1 Å². The third-order valence-corrected chi connectivity index (χ3v) is 3.29. The van der Waals surface area contributed by atoms with Crippen molar-refractivity contribution >= 4 is 17.4 Å². The minimum absolute atomic E-state index is 0.0618. The van der Waals surface area contributed by atoms with E-state index < -0.39 is 17.5 Å². The van der Waals surface area contributed by atoms with Crippen molar-refractivity contribution in [3.8, 4) is 0 Å². The largest absolute Gasteiger partial charge is 0.299 e. The smallest absolute Gasteiger partial charge is 0.297 e. The number of rotatable bonds is 3. The van der Waals surface area contributed by atoms with Crippen molar-refractivity contribution in [3.63, 3.8) is 0 Å². The fourth-order valence-electron chi connectivity index (χ4n) is 2.31. The van der Waals surface area contributed by atoms with Crippen molar-refractivity contribution in [2.24, 2.45) is 0 Å². The Morgan fingerprint density at radius 1 is 1.30 bits per heavy atom. The van der Waals surface area contributed by atoms with Crippen LogP contribution in [0.1, 0.15) is 22.8 Å². The van der Waals surface area contributed by atoms with Crippen LogP contribution in [0.5, 0.6) is 0 Å². The molecule has 0 unspecified atom stereocenters. The summed E-state index contributed by atoms with van der Waals surface area (Å²) >= 11 is 0. The molecule has 2 aromatic rings. The van der Waals surface area contributed by atoms with Crippen LogP contribution >= 0.6 is 0 Å². The number of benzene rings is 1. The van der Waals surface area contributed by atoms with Crippen LogP contribution in [0.15, 0.2) is 30.6 Å². The number of anilines is 1. The summed E-state index contributed by atoms with van der Waals surface area (Å²) < 4.78 is 15.6. The van der Waals surface area contributed by atoms with E-state index in [0.717, 1.165) is 5.56 Å². The molecule has 0 radical (unpaired) electrons. The van der Waals surface area contributed by atoms with E-state index in [1.54, 1.807) is 17.1 Å². The normalized spacial score (nSPS) is 14.0. The minimum atomic E-state index is -0.700. The quantitative estimate of drug-likeness (QED) is 0.801. The maximum atomic E-state index is 13.9. The maximum Gasteiger partial charge on any atom is 0.299 e. The van der Waals surface area contributed by atoms with E-state index in [4.69, 9.17) is 0 Å². The Hall–Kier alpha value is -2.50. The first-order valence-electron chi connectivity index (χ1n) is 6.28. The van der Waals surface area contributed by atoms with E-state index in [1.807, 2.05) is 6.92 Å². The summed E-state index contributed by atoms with van der Waals surface area (Å²) in [5.74, 6) is -1.93. The lowest BCUT2D eigenvalue weighted by molar-refractivity contribution is -0.114. The molecule has 0 saturated carbocycles. The lowest BCUT2D eigenvalue weighted by Gasteiger charge is -2.15. The van der Waals surface area contributed by atoms with Gasteiger partial charge in [0.05, 0.1) is 24.0 Å². The fourth-order valence-corrected chi connectivity index (χ4v) is 2.31. The number of amides is 1. The van der Waals surface area contributed by atoms with Gasteiger partial charge < -0.3 is 0 Å². The average molecular weight is 273 g/mol. The molecule has 20 heavy (non-hydrogen) atoms. The zero-order chi connectivity index (χ0) is 14.3. The lowest BCUT2D eigenvalue weighted by Crippen LogP contribution is -2.29. The van der Waals surface area contributed by atoms with Gasteiger partial charge in [-0.2, -0.15) is 5.10 Å². The van der Waals surface area contributed by atoms with Gasteiger partial charge in [-0.25, -0.2) is 4.39 Å². The second kappa shape index (κ2) is 4.56. The molecule has 2 heterocycles. The molecule has 0 fully saturated rings. The number of aryl methyl sites for hydroxylation is 1. The van der Waals surface area contributed by atoms with Gasteiger partial charge >= 0.3 is 0 Å². The predicted molar refractivity (Wildman–Crippen MR) is 69.8 cm³/mol. The average Bonchev–Trinajstić information content (AvgIpc) is 2.99. The van der Waals surface area contributed by atoms with Crippen molar-refractivity contribution in [2.45, 2.75) is 20.0 Å². The van der Waals surface area contributed by atoms with E-state index >= 15 is 0 Å². The lowest BCUT2D eigenvalue weighted by atomic mass is 10.1. The van der Waals surface area contributed by atoms with E-state index in [1.165, 1.54) is 23.1 Å². The number of Topliss-reactive ketones (excluding diaryl/α,β-unsaturated/α-hetero) is 1. The molecule has 0 atom stereocenters. The SMILES string of the molecule is CCn1cc(CN2C(=O)C(=O)c3cccc(F)c32)cn1. The molecule has 1 amide bonds. The van der Waals surface area contributed by atoms with Crippen LogP contribution in [0.4, 0.5) is 10.1 Å². The van der Waals surface area contributed by atoms with Crippen molar-refractivity contribution in [1.82, 2.24) is 9.78 Å². The summed E-state index contributed by atoms with van der Waals surface area (Å²) in [6, 6.07) is 4.14. The highest BCUT2D eigenvalue weighted by molar-refractivity contribution is 6.52. The van der Waals surface area contributed by atoms with Crippen molar-refractivity contribution in [1.29, 1.82) is 0 Å². The third kappa shape index (κ3) is 1.80. The van der Waals surface area contributed by atoms with Crippen LogP contribution in [0, 0.1) is 5.82 Å². The highest BCUT2D eigenvalue weighted by atomic mass is 19.1. The Labute approximate surface area is 114 Å². The van der Waals surface area contributed by atoms with Gasteiger partial charge in [-0.15, -0.1) is 0 Å². The van der Waals surface area contributed by atoms with Gasteiger partial charge in [0.25, 0.3) is 11.7 Å². The molecular formula is C14H12FN3O2. The summed E-state index contributed by atoms with van der Waals surface area (Å²) in [6.45, 7) is 2.78. The Bertz CT molecular complexity index is 708. The minimum Gasteiger partial charge on any atom is -0.297 e. The van der Waals surface area contributed by atoms with Gasteiger partial charge in [0.2, 0.25) is 0 Å². The molecule has 1 aliphatic heterocycles. The van der Waals surface area contributed by atoms with Crippen LogP contribution in [0.25, 0.3) is 0 Å². The summed E-state index contributed by atoms with van der Waals surface area (Å²) in [6.07, 6.45) is 3.39. The van der Waals surface area contributed by atoms with Crippen molar-refractivity contribution in [3.05, 3.63) is 47.5 Å². The molecule has 3 rings (SSSR count). The first-order valence-corrected chi connectivity index (χ1v) is 6.28. The Morgan fingerprint density at radius 2 is 2.10 bits per heavy atom. The van der Waals surface area contributed by atoms with E-state index in [-0.39, 0.29) is 17.8 Å². The predicted octanol–water partition coefficient (Wildman–Crippen LogP) is 1.77. The topological polar surface area (TPSA) is 55.2 Å². The molecule has 0 N–H and O–H groups in total. The second-order valence-electron chi connectivity index (χ2n) is 4.56. The van der Waals surface area contributed by atoms with Gasteiger partial charge in [0, 0.05) is 18.3 Å². The van der Waals surface area contributed by atoms with Crippen LogP contribution < -0.4 is 4.90 Å².